The number of halogens is 1. The van der Waals surface area contributed by atoms with Gasteiger partial charge >= 0.3 is 0 Å². The first kappa shape index (κ1) is 14.7. The second-order valence-corrected chi connectivity index (χ2v) is 5.93. The molecule has 24 heavy (non-hydrogen) atoms. The predicted molar refractivity (Wildman–Crippen MR) is 94.6 cm³/mol. The largest absolute Gasteiger partial charge is 0.366 e. The van der Waals surface area contributed by atoms with Gasteiger partial charge in [0.2, 0.25) is 0 Å². The molecular weight excluding hydrogens is 324 g/mol. The van der Waals surface area contributed by atoms with E-state index in [0.717, 1.165) is 27.7 Å². The Hall–Kier alpha value is -2.92. The van der Waals surface area contributed by atoms with E-state index >= 15 is 0 Å². The van der Waals surface area contributed by atoms with Crippen molar-refractivity contribution in [3.8, 4) is 5.69 Å². The first-order chi connectivity index (χ1) is 11.6. The van der Waals surface area contributed by atoms with E-state index in [1.165, 1.54) is 0 Å². The number of primary amides is 1. The predicted octanol–water partition coefficient (Wildman–Crippen LogP) is 3.63. The Labute approximate surface area is 142 Å². The van der Waals surface area contributed by atoms with Crippen molar-refractivity contribution in [1.82, 2.24) is 14.5 Å². The molecule has 0 aliphatic rings. The number of benzene rings is 1. The monoisotopic (exact) mass is 336 g/mol. The zero-order chi connectivity index (χ0) is 16.8. The van der Waals surface area contributed by atoms with E-state index in [-0.39, 0.29) is 0 Å². The molecule has 4 aromatic rings. The van der Waals surface area contributed by atoms with Gasteiger partial charge in [0.15, 0.2) is 0 Å². The summed E-state index contributed by atoms with van der Waals surface area (Å²) in [6.07, 6.45) is 1.70. The summed E-state index contributed by atoms with van der Waals surface area (Å²) in [4.78, 5) is 20.6. The summed E-state index contributed by atoms with van der Waals surface area (Å²) in [5.74, 6) is -0.460. The summed E-state index contributed by atoms with van der Waals surface area (Å²) in [6, 6.07) is 13.1. The van der Waals surface area contributed by atoms with E-state index in [4.69, 9.17) is 17.3 Å². The smallest absolute Gasteiger partial charge is 0.251 e. The lowest BCUT2D eigenvalue weighted by atomic mass is 10.1. The van der Waals surface area contributed by atoms with Crippen LogP contribution in [0.15, 0.2) is 48.7 Å². The van der Waals surface area contributed by atoms with Crippen molar-refractivity contribution in [3.05, 3.63) is 65.1 Å². The van der Waals surface area contributed by atoms with Gasteiger partial charge in [0.1, 0.15) is 10.8 Å². The highest BCUT2D eigenvalue weighted by Gasteiger charge is 2.19. The molecule has 0 unspecified atom stereocenters. The van der Waals surface area contributed by atoms with Crippen molar-refractivity contribution < 1.29 is 4.79 Å². The van der Waals surface area contributed by atoms with E-state index in [1.54, 1.807) is 18.3 Å². The van der Waals surface area contributed by atoms with Gasteiger partial charge in [-0.2, -0.15) is 0 Å². The molecule has 5 nitrogen and oxygen atoms in total. The van der Waals surface area contributed by atoms with E-state index in [1.807, 2.05) is 41.8 Å². The molecule has 6 heteroatoms. The standard InChI is InChI=1S/C18H13ClN4O/c1-10-16(17(20)24)13-3-2-8-21-18(13)23(10)12-5-6-14-11(9-12)4-7-15(19)22-14/h2-9H,1H3,(H2,20,24). The number of amides is 1. The van der Waals surface area contributed by atoms with Crippen LogP contribution < -0.4 is 5.73 Å². The van der Waals surface area contributed by atoms with Crippen molar-refractivity contribution in [2.45, 2.75) is 6.92 Å². The van der Waals surface area contributed by atoms with Gasteiger partial charge in [-0.25, -0.2) is 9.97 Å². The molecule has 0 fully saturated rings. The van der Waals surface area contributed by atoms with E-state index in [0.29, 0.717) is 16.4 Å². The Bertz CT molecular complexity index is 1120. The fourth-order valence-electron chi connectivity index (χ4n) is 3.09. The number of nitrogens with two attached hydrogens (primary N) is 1. The van der Waals surface area contributed by atoms with Crippen LogP contribution in [0.2, 0.25) is 5.15 Å². The molecule has 118 valence electrons. The molecule has 0 saturated carbocycles. The third-order valence-corrected chi connectivity index (χ3v) is 4.32. The van der Waals surface area contributed by atoms with Gasteiger partial charge in [-0.1, -0.05) is 11.6 Å². The molecule has 0 atom stereocenters. The Morgan fingerprint density at radius 1 is 1.21 bits per heavy atom. The number of carbonyl (C=O) groups is 1. The minimum absolute atomic E-state index is 0.454. The van der Waals surface area contributed by atoms with Crippen LogP contribution in [0, 0.1) is 6.92 Å². The molecular formula is C18H13ClN4O. The lowest BCUT2D eigenvalue weighted by molar-refractivity contribution is 0.100. The first-order valence-electron chi connectivity index (χ1n) is 7.39. The molecule has 3 heterocycles. The van der Waals surface area contributed by atoms with Crippen molar-refractivity contribution in [2.24, 2.45) is 5.73 Å². The number of nitrogens with zero attached hydrogens (tertiary/aromatic N) is 3. The van der Waals surface area contributed by atoms with Gasteiger partial charge in [0.25, 0.3) is 5.91 Å². The molecule has 0 spiro atoms. The zero-order valence-corrected chi connectivity index (χ0v) is 13.6. The van der Waals surface area contributed by atoms with Crippen LogP contribution in [0.5, 0.6) is 0 Å². The number of carbonyl (C=O) groups excluding carboxylic acids is 1. The molecule has 3 aromatic heterocycles. The van der Waals surface area contributed by atoms with Gasteiger partial charge < -0.3 is 5.73 Å². The lowest BCUT2D eigenvalue weighted by Crippen LogP contribution is -2.12. The van der Waals surface area contributed by atoms with Crippen LogP contribution in [-0.2, 0) is 0 Å². The fraction of sp³-hybridized carbons (Fsp3) is 0.0556. The number of fused-ring (bicyclic) bond motifs is 2. The molecule has 4 rings (SSSR count). The Balaban J connectivity index is 2.05. The van der Waals surface area contributed by atoms with E-state index in [9.17, 15) is 4.79 Å². The molecule has 0 radical (unpaired) electrons. The SMILES string of the molecule is Cc1c(C(N)=O)c2cccnc2n1-c1ccc2nc(Cl)ccc2c1. The molecule has 0 bridgehead atoms. The van der Waals surface area contributed by atoms with Gasteiger partial charge in [-0.3, -0.25) is 9.36 Å². The highest BCUT2D eigenvalue weighted by atomic mass is 35.5. The average molecular weight is 337 g/mol. The Kier molecular flexibility index (Phi) is 3.25. The first-order valence-corrected chi connectivity index (χ1v) is 7.76. The number of hydrogen-bond acceptors (Lipinski definition) is 3. The molecule has 0 saturated heterocycles. The van der Waals surface area contributed by atoms with Gasteiger partial charge in [0, 0.05) is 28.4 Å². The average Bonchev–Trinajstić information content (AvgIpc) is 2.86. The van der Waals surface area contributed by atoms with Crippen LogP contribution in [0.25, 0.3) is 27.6 Å². The second-order valence-electron chi connectivity index (χ2n) is 5.55. The van der Waals surface area contributed by atoms with Crippen LogP contribution in [-0.4, -0.2) is 20.4 Å². The number of rotatable bonds is 2. The van der Waals surface area contributed by atoms with Crippen LogP contribution in [0.3, 0.4) is 0 Å². The quantitative estimate of drug-likeness (QED) is 0.568. The maximum absolute atomic E-state index is 11.9. The number of hydrogen-bond donors (Lipinski definition) is 1. The number of pyridine rings is 2. The van der Waals surface area contributed by atoms with E-state index in [2.05, 4.69) is 9.97 Å². The van der Waals surface area contributed by atoms with Gasteiger partial charge in [-0.15, -0.1) is 0 Å². The van der Waals surface area contributed by atoms with Crippen molar-refractivity contribution in [3.63, 3.8) is 0 Å². The van der Waals surface area contributed by atoms with Crippen LogP contribution in [0.1, 0.15) is 16.1 Å². The Morgan fingerprint density at radius 2 is 2.04 bits per heavy atom. The number of aromatic nitrogens is 3. The van der Waals surface area contributed by atoms with Crippen LogP contribution in [0.4, 0.5) is 0 Å². The summed E-state index contributed by atoms with van der Waals surface area (Å²) in [5, 5.41) is 2.15. The fourth-order valence-corrected chi connectivity index (χ4v) is 3.24. The van der Waals surface area contributed by atoms with E-state index < -0.39 is 5.91 Å². The summed E-state index contributed by atoms with van der Waals surface area (Å²) in [7, 11) is 0. The highest BCUT2D eigenvalue weighted by molar-refractivity contribution is 6.29. The summed E-state index contributed by atoms with van der Waals surface area (Å²) in [5.41, 5.74) is 9.23. The third kappa shape index (κ3) is 2.13. The van der Waals surface area contributed by atoms with Crippen molar-refractivity contribution in [2.75, 3.05) is 0 Å². The lowest BCUT2D eigenvalue weighted by Gasteiger charge is -2.09. The normalized spacial score (nSPS) is 11.2. The van der Waals surface area contributed by atoms with Gasteiger partial charge in [-0.05, 0) is 49.4 Å². The molecule has 2 N–H and O–H groups in total. The maximum Gasteiger partial charge on any atom is 0.251 e. The maximum atomic E-state index is 11.9. The summed E-state index contributed by atoms with van der Waals surface area (Å²) < 4.78 is 1.93. The minimum Gasteiger partial charge on any atom is -0.366 e. The molecule has 0 aliphatic carbocycles. The van der Waals surface area contributed by atoms with Crippen molar-refractivity contribution >= 4 is 39.4 Å². The molecule has 1 aromatic carbocycles. The third-order valence-electron chi connectivity index (χ3n) is 4.11. The minimum atomic E-state index is -0.460. The zero-order valence-electron chi connectivity index (χ0n) is 12.8. The van der Waals surface area contributed by atoms with Gasteiger partial charge in [0.05, 0.1) is 11.1 Å². The molecule has 0 aliphatic heterocycles. The Morgan fingerprint density at radius 3 is 2.83 bits per heavy atom. The highest BCUT2D eigenvalue weighted by Crippen LogP contribution is 2.29. The second kappa shape index (κ2) is 5.32. The summed E-state index contributed by atoms with van der Waals surface area (Å²) >= 11 is 5.94. The van der Waals surface area contributed by atoms with Crippen LogP contribution >= 0.6 is 11.6 Å². The molecule has 1 amide bonds. The van der Waals surface area contributed by atoms with Crippen molar-refractivity contribution in [1.29, 1.82) is 0 Å². The summed E-state index contributed by atoms with van der Waals surface area (Å²) in [6.45, 7) is 1.87. The topological polar surface area (TPSA) is 73.8 Å².